The molecule has 2 aromatic carbocycles. The highest BCUT2D eigenvalue weighted by Gasteiger charge is 2.26. The molecule has 0 spiro atoms. The van der Waals surface area contributed by atoms with Crippen molar-refractivity contribution in [3.8, 4) is 0 Å². The van der Waals surface area contributed by atoms with Crippen molar-refractivity contribution in [1.29, 1.82) is 0 Å². The van der Waals surface area contributed by atoms with Gasteiger partial charge in [-0.1, -0.05) is 50.2 Å². The summed E-state index contributed by atoms with van der Waals surface area (Å²) in [5, 5.41) is 1.75. The molecule has 130 valence electrons. The van der Waals surface area contributed by atoms with Crippen LogP contribution in [0.25, 0.3) is 10.8 Å². The molecule has 0 amide bonds. The van der Waals surface area contributed by atoms with Gasteiger partial charge in [0, 0.05) is 11.4 Å². The van der Waals surface area contributed by atoms with Crippen LogP contribution in [0, 0.1) is 11.8 Å². The number of hydrogen-bond acceptors (Lipinski definition) is 2. The van der Waals surface area contributed by atoms with Gasteiger partial charge < -0.3 is 0 Å². The minimum Gasteiger partial charge on any atom is -0.208 e. The van der Waals surface area contributed by atoms with E-state index in [0.717, 1.165) is 48.3 Å². The topological polar surface area (TPSA) is 46.2 Å². The summed E-state index contributed by atoms with van der Waals surface area (Å²) in [5.74, 6) is 1.47. The molecule has 0 radical (unpaired) electrons. The molecular formula is C20H27NO2S. The molecule has 0 bridgehead atoms. The Labute approximate surface area is 145 Å². The molecule has 0 heterocycles. The zero-order valence-electron chi connectivity index (χ0n) is 14.5. The maximum absolute atomic E-state index is 12.9. The highest BCUT2D eigenvalue weighted by atomic mass is 32.2. The van der Waals surface area contributed by atoms with Gasteiger partial charge in [0.15, 0.2) is 0 Å². The van der Waals surface area contributed by atoms with E-state index in [0.29, 0.717) is 4.90 Å². The maximum atomic E-state index is 12.9. The van der Waals surface area contributed by atoms with E-state index < -0.39 is 10.0 Å². The molecule has 1 N–H and O–H groups in total. The number of nitrogens with one attached hydrogen (secondary N) is 1. The van der Waals surface area contributed by atoms with E-state index in [-0.39, 0.29) is 6.04 Å². The monoisotopic (exact) mass is 345 g/mol. The number of rotatable bonds is 5. The number of sulfonamides is 1. The molecule has 0 unspecified atom stereocenters. The normalized spacial score (nSPS) is 22.1. The molecule has 1 aliphatic carbocycles. The van der Waals surface area contributed by atoms with Gasteiger partial charge in [0.25, 0.3) is 0 Å². The van der Waals surface area contributed by atoms with Crippen LogP contribution >= 0.6 is 0 Å². The first-order chi connectivity index (χ1) is 11.5. The summed E-state index contributed by atoms with van der Waals surface area (Å²) in [4.78, 5) is 0.393. The van der Waals surface area contributed by atoms with Crippen LogP contribution in [0.2, 0.25) is 0 Å². The molecule has 0 aliphatic heterocycles. The van der Waals surface area contributed by atoms with E-state index in [2.05, 4.69) is 18.6 Å². The van der Waals surface area contributed by atoms with Gasteiger partial charge in [-0.2, -0.15) is 0 Å². The summed E-state index contributed by atoms with van der Waals surface area (Å²) >= 11 is 0. The number of fused-ring (bicyclic) bond motifs is 1. The Kier molecular flexibility index (Phi) is 5.26. The molecular weight excluding hydrogens is 318 g/mol. The Morgan fingerprint density at radius 2 is 1.67 bits per heavy atom. The average molecular weight is 346 g/mol. The van der Waals surface area contributed by atoms with E-state index in [1.54, 1.807) is 6.07 Å². The second-order valence-electron chi connectivity index (χ2n) is 7.45. The fourth-order valence-corrected chi connectivity index (χ4v) is 5.43. The SMILES string of the molecule is CC(C)C[C@H]1CC[C@@H](NS(=O)(=O)c2cccc3ccccc23)CC1. The van der Waals surface area contributed by atoms with Gasteiger partial charge in [0.2, 0.25) is 10.0 Å². The maximum Gasteiger partial charge on any atom is 0.241 e. The first kappa shape index (κ1) is 17.4. The average Bonchev–Trinajstić information content (AvgIpc) is 2.55. The predicted molar refractivity (Wildman–Crippen MR) is 99.5 cm³/mol. The quantitative estimate of drug-likeness (QED) is 0.852. The molecule has 3 rings (SSSR count). The predicted octanol–water partition coefficient (Wildman–Crippen LogP) is 4.72. The Hall–Kier alpha value is -1.39. The Bertz CT molecular complexity index is 785. The lowest BCUT2D eigenvalue weighted by Gasteiger charge is -2.30. The lowest BCUT2D eigenvalue weighted by atomic mass is 9.82. The zero-order valence-corrected chi connectivity index (χ0v) is 15.4. The molecule has 4 heteroatoms. The van der Waals surface area contributed by atoms with Gasteiger partial charge in [-0.3, -0.25) is 0 Å². The lowest BCUT2D eigenvalue weighted by Crippen LogP contribution is -2.37. The third-order valence-electron chi connectivity index (χ3n) is 5.01. The third-order valence-corrected chi connectivity index (χ3v) is 6.59. The molecule has 1 aliphatic rings. The van der Waals surface area contributed by atoms with Crippen LogP contribution in [0.15, 0.2) is 47.4 Å². The van der Waals surface area contributed by atoms with Crippen LogP contribution in [0.1, 0.15) is 46.0 Å². The molecule has 0 aromatic heterocycles. The first-order valence-electron chi connectivity index (χ1n) is 8.96. The molecule has 0 saturated heterocycles. The third kappa shape index (κ3) is 3.98. The largest absolute Gasteiger partial charge is 0.241 e. The summed E-state index contributed by atoms with van der Waals surface area (Å²) < 4.78 is 28.7. The van der Waals surface area contributed by atoms with Gasteiger partial charge in [-0.25, -0.2) is 13.1 Å². The molecule has 1 saturated carbocycles. The van der Waals surface area contributed by atoms with Crippen LogP contribution in [0.3, 0.4) is 0 Å². The highest BCUT2D eigenvalue weighted by Crippen LogP contribution is 2.30. The van der Waals surface area contributed by atoms with Crippen molar-refractivity contribution in [1.82, 2.24) is 4.72 Å². The van der Waals surface area contributed by atoms with Crippen molar-refractivity contribution in [3.05, 3.63) is 42.5 Å². The minimum atomic E-state index is -3.48. The standard InChI is InChI=1S/C20H27NO2S/c1-15(2)14-16-10-12-18(13-11-16)21-24(22,23)20-9-5-7-17-6-3-4-8-19(17)20/h3-9,15-16,18,21H,10-14H2,1-2H3/t16-,18+. The van der Waals surface area contributed by atoms with Crippen molar-refractivity contribution >= 4 is 20.8 Å². The summed E-state index contributed by atoms with van der Waals surface area (Å²) in [6.45, 7) is 4.52. The van der Waals surface area contributed by atoms with Gasteiger partial charge in [0.1, 0.15) is 0 Å². The van der Waals surface area contributed by atoms with E-state index in [9.17, 15) is 8.42 Å². The van der Waals surface area contributed by atoms with Crippen molar-refractivity contribution < 1.29 is 8.42 Å². The van der Waals surface area contributed by atoms with Crippen molar-refractivity contribution in [2.45, 2.75) is 56.9 Å². The van der Waals surface area contributed by atoms with Crippen molar-refractivity contribution in [2.24, 2.45) is 11.8 Å². The Balaban J connectivity index is 1.73. The number of benzene rings is 2. The summed E-state index contributed by atoms with van der Waals surface area (Å²) in [5.41, 5.74) is 0. The minimum absolute atomic E-state index is 0.0670. The van der Waals surface area contributed by atoms with Crippen LogP contribution in [0.4, 0.5) is 0 Å². The second-order valence-corrected chi connectivity index (χ2v) is 9.13. The summed E-state index contributed by atoms with van der Waals surface area (Å²) in [7, 11) is -3.48. The van der Waals surface area contributed by atoms with Crippen molar-refractivity contribution in [3.63, 3.8) is 0 Å². The van der Waals surface area contributed by atoms with Gasteiger partial charge in [0.05, 0.1) is 4.90 Å². The Morgan fingerprint density at radius 1 is 1.00 bits per heavy atom. The van der Waals surface area contributed by atoms with E-state index in [1.807, 2.05) is 36.4 Å². The second kappa shape index (κ2) is 7.24. The first-order valence-corrected chi connectivity index (χ1v) is 10.4. The highest BCUT2D eigenvalue weighted by molar-refractivity contribution is 7.89. The summed E-state index contributed by atoms with van der Waals surface area (Å²) in [6.07, 6.45) is 5.40. The van der Waals surface area contributed by atoms with Gasteiger partial charge >= 0.3 is 0 Å². The molecule has 3 nitrogen and oxygen atoms in total. The fourth-order valence-electron chi connectivity index (χ4n) is 3.90. The Morgan fingerprint density at radius 3 is 2.38 bits per heavy atom. The van der Waals surface area contributed by atoms with Gasteiger partial charge in [-0.05, 0) is 55.4 Å². The van der Waals surface area contributed by atoms with E-state index in [1.165, 1.54) is 6.42 Å². The lowest BCUT2D eigenvalue weighted by molar-refractivity contribution is 0.274. The van der Waals surface area contributed by atoms with Crippen LogP contribution in [0.5, 0.6) is 0 Å². The zero-order chi connectivity index (χ0) is 17.2. The van der Waals surface area contributed by atoms with Crippen LogP contribution in [-0.2, 0) is 10.0 Å². The number of hydrogen-bond donors (Lipinski definition) is 1. The fraction of sp³-hybridized carbons (Fsp3) is 0.500. The van der Waals surface area contributed by atoms with Crippen molar-refractivity contribution in [2.75, 3.05) is 0 Å². The van der Waals surface area contributed by atoms with Crippen LogP contribution < -0.4 is 4.72 Å². The molecule has 24 heavy (non-hydrogen) atoms. The summed E-state index contributed by atoms with van der Waals surface area (Å²) in [6, 6.07) is 13.2. The molecule has 2 aromatic rings. The molecule has 0 atom stereocenters. The smallest absolute Gasteiger partial charge is 0.208 e. The van der Waals surface area contributed by atoms with E-state index in [4.69, 9.17) is 0 Å². The van der Waals surface area contributed by atoms with Crippen LogP contribution in [-0.4, -0.2) is 14.5 Å². The molecule has 1 fully saturated rings. The van der Waals surface area contributed by atoms with Gasteiger partial charge in [-0.15, -0.1) is 0 Å². The van der Waals surface area contributed by atoms with E-state index >= 15 is 0 Å².